The summed E-state index contributed by atoms with van der Waals surface area (Å²) in [7, 11) is 0. The minimum Gasteiger partial charge on any atom is -0.254 e. The summed E-state index contributed by atoms with van der Waals surface area (Å²) in [5.74, 6) is 0. The Labute approximate surface area is 65.4 Å². The van der Waals surface area contributed by atoms with E-state index >= 15 is 0 Å². The van der Waals surface area contributed by atoms with E-state index in [1.165, 1.54) is 0 Å². The Morgan fingerprint density at radius 1 is 1.80 bits per heavy atom. The molecule has 1 nitrogen and oxygen atoms in total. The van der Waals surface area contributed by atoms with Crippen LogP contribution in [0.4, 0.5) is 0 Å². The second kappa shape index (κ2) is 3.37. The summed E-state index contributed by atoms with van der Waals surface area (Å²) in [6, 6.07) is 3.77. The van der Waals surface area contributed by atoms with Crippen LogP contribution in [0.5, 0.6) is 0 Å². The van der Waals surface area contributed by atoms with Crippen molar-refractivity contribution in [2.24, 2.45) is 0 Å². The fourth-order valence-corrected chi connectivity index (χ4v) is 0.809. The van der Waals surface area contributed by atoms with Crippen molar-refractivity contribution in [1.29, 1.82) is 0 Å². The van der Waals surface area contributed by atoms with Gasteiger partial charge in [-0.15, -0.1) is 0 Å². The highest BCUT2D eigenvalue weighted by molar-refractivity contribution is 6.29. The van der Waals surface area contributed by atoms with E-state index in [9.17, 15) is 0 Å². The van der Waals surface area contributed by atoms with Crippen molar-refractivity contribution >= 4 is 11.6 Å². The number of nitrogens with zero attached hydrogens (tertiary/aromatic N) is 1. The first-order valence-electron chi connectivity index (χ1n) is 2.94. The molecule has 0 bridgehead atoms. The second-order valence-corrected chi connectivity index (χ2v) is 2.50. The third kappa shape index (κ3) is 2.19. The third-order valence-corrected chi connectivity index (χ3v) is 1.18. The first kappa shape index (κ1) is 7.29. The minimum atomic E-state index is 0.615. The van der Waals surface area contributed by atoms with Gasteiger partial charge >= 0.3 is 0 Å². The van der Waals surface area contributed by atoms with Gasteiger partial charge in [0.2, 0.25) is 0 Å². The van der Waals surface area contributed by atoms with E-state index < -0.39 is 0 Å². The van der Waals surface area contributed by atoms with Crippen LogP contribution in [-0.2, 0) is 6.42 Å². The summed E-state index contributed by atoms with van der Waals surface area (Å²) >= 11 is 5.57. The lowest BCUT2D eigenvalue weighted by molar-refractivity contribution is 1.17. The molecule has 1 aromatic rings. The Bertz CT molecular complexity index is 218. The summed E-state index contributed by atoms with van der Waals surface area (Å²) in [4.78, 5) is 3.81. The Kier molecular flexibility index (Phi) is 2.46. The zero-order valence-corrected chi connectivity index (χ0v) is 6.23. The average molecular weight is 153 g/mol. The molecule has 1 aromatic heterocycles. The molecule has 0 unspecified atom stereocenters. The molecule has 0 N–H and O–H groups in total. The first-order valence-corrected chi connectivity index (χ1v) is 3.31. The minimum absolute atomic E-state index is 0.615. The van der Waals surface area contributed by atoms with Gasteiger partial charge in [-0.1, -0.05) is 24.2 Å². The molecule has 0 aliphatic heterocycles. The maximum absolute atomic E-state index is 5.57. The lowest BCUT2D eigenvalue weighted by atomic mass is 10.2. The van der Waals surface area contributed by atoms with Gasteiger partial charge in [-0.05, 0) is 11.6 Å². The fraction of sp³-hybridized carbons (Fsp3) is 0.125. The van der Waals surface area contributed by atoms with Crippen molar-refractivity contribution in [2.75, 3.05) is 0 Å². The molecule has 0 spiro atoms. The van der Waals surface area contributed by atoms with Gasteiger partial charge in [0.05, 0.1) is 6.20 Å². The Balaban J connectivity index is 2.67. The fourth-order valence-electron chi connectivity index (χ4n) is 0.665. The maximum atomic E-state index is 5.57. The van der Waals surface area contributed by atoms with Crippen molar-refractivity contribution in [3.63, 3.8) is 0 Å². The van der Waals surface area contributed by atoms with Crippen LogP contribution in [0.3, 0.4) is 0 Å². The van der Waals surface area contributed by atoms with Crippen LogP contribution in [0.25, 0.3) is 0 Å². The van der Waals surface area contributed by atoms with E-state index in [-0.39, 0.29) is 0 Å². The normalized spacial score (nSPS) is 9.30. The van der Waals surface area contributed by atoms with Crippen LogP contribution in [0, 0.1) is 6.20 Å². The number of pyridine rings is 1. The maximum Gasteiger partial charge on any atom is 0.0924 e. The predicted octanol–water partition coefficient (Wildman–Crippen LogP) is 2.18. The second-order valence-electron chi connectivity index (χ2n) is 1.97. The van der Waals surface area contributed by atoms with Gasteiger partial charge in [0.15, 0.2) is 0 Å². The number of halogens is 1. The van der Waals surface area contributed by atoms with E-state index in [0.717, 1.165) is 5.56 Å². The predicted molar refractivity (Wildman–Crippen MR) is 41.8 cm³/mol. The largest absolute Gasteiger partial charge is 0.254 e. The summed E-state index contributed by atoms with van der Waals surface area (Å²) in [5, 5.41) is 0.615. The molecule has 51 valence electrons. The van der Waals surface area contributed by atoms with E-state index in [4.69, 9.17) is 11.6 Å². The molecule has 1 rings (SSSR count). The smallest absolute Gasteiger partial charge is 0.0924 e. The Morgan fingerprint density at radius 2 is 2.60 bits per heavy atom. The molecule has 0 aliphatic carbocycles. The molecule has 0 atom stereocenters. The highest BCUT2D eigenvalue weighted by atomic mass is 35.5. The third-order valence-electron chi connectivity index (χ3n) is 1.05. The number of allylic oxidation sites excluding steroid dienone is 1. The van der Waals surface area contributed by atoms with Gasteiger partial charge in [0.1, 0.15) is 0 Å². The summed E-state index contributed by atoms with van der Waals surface area (Å²) in [6.45, 7) is 3.57. The van der Waals surface area contributed by atoms with E-state index in [0.29, 0.717) is 11.5 Å². The molecule has 0 aromatic carbocycles. The summed E-state index contributed by atoms with van der Waals surface area (Å²) in [6.07, 6.45) is 5.13. The van der Waals surface area contributed by atoms with Crippen LogP contribution in [-0.4, -0.2) is 4.98 Å². The Morgan fingerprint density at radius 3 is 3.10 bits per heavy atom. The monoisotopic (exact) mass is 152 g/mol. The molecule has 0 amide bonds. The lowest BCUT2D eigenvalue weighted by Gasteiger charge is -1.94. The number of hydrogen-bond donors (Lipinski definition) is 0. The van der Waals surface area contributed by atoms with Crippen LogP contribution in [0.15, 0.2) is 29.9 Å². The molecule has 10 heavy (non-hydrogen) atoms. The molecule has 0 fully saturated rings. The standard InChI is InChI=1S/C8H7ClN/c1-7(9)5-8-3-2-4-10-6-8/h2-4H,1,5H2. The molecule has 1 radical (unpaired) electrons. The molecule has 2 heteroatoms. The van der Waals surface area contributed by atoms with Crippen molar-refractivity contribution < 1.29 is 0 Å². The van der Waals surface area contributed by atoms with Gasteiger partial charge < -0.3 is 0 Å². The highest BCUT2D eigenvalue weighted by Gasteiger charge is 1.92. The average Bonchev–Trinajstić information content (AvgIpc) is 1.88. The Hall–Kier alpha value is -0.820. The SMILES string of the molecule is C=C(Cl)Cc1[c]nccc1. The zero-order valence-electron chi connectivity index (χ0n) is 5.47. The van der Waals surface area contributed by atoms with Gasteiger partial charge in [0.25, 0.3) is 0 Å². The van der Waals surface area contributed by atoms with Gasteiger partial charge in [0, 0.05) is 17.6 Å². The first-order chi connectivity index (χ1) is 4.79. The number of rotatable bonds is 2. The lowest BCUT2D eigenvalue weighted by Crippen LogP contribution is -1.84. The summed E-state index contributed by atoms with van der Waals surface area (Å²) in [5.41, 5.74) is 0.975. The van der Waals surface area contributed by atoms with Crippen molar-refractivity contribution in [1.82, 2.24) is 4.98 Å². The van der Waals surface area contributed by atoms with Crippen molar-refractivity contribution in [3.05, 3.63) is 41.7 Å². The molecular formula is C8H7ClN. The van der Waals surface area contributed by atoms with Crippen LogP contribution < -0.4 is 0 Å². The molecule has 0 saturated heterocycles. The van der Waals surface area contributed by atoms with Crippen LogP contribution in [0.2, 0.25) is 0 Å². The number of aromatic nitrogens is 1. The van der Waals surface area contributed by atoms with Crippen molar-refractivity contribution in [2.45, 2.75) is 6.42 Å². The zero-order chi connectivity index (χ0) is 7.40. The summed E-state index contributed by atoms with van der Waals surface area (Å²) < 4.78 is 0. The van der Waals surface area contributed by atoms with Crippen LogP contribution in [0.1, 0.15) is 5.56 Å². The number of hydrogen-bond acceptors (Lipinski definition) is 1. The van der Waals surface area contributed by atoms with E-state index in [1.54, 1.807) is 6.20 Å². The van der Waals surface area contributed by atoms with Gasteiger partial charge in [-0.25, -0.2) is 0 Å². The van der Waals surface area contributed by atoms with Gasteiger partial charge in [-0.2, -0.15) is 0 Å². The topological polar surface area (TPSA) is 12.9 Å². The quantitative estimate of drug-likeness (QED) is 0.633. The van der Waals surface area contributed by atoms with E-state index in [2.05, 4.69) is 17.8 Å². The molecular weight excluding hydrogens is 146 g/mol. The molecule has 0 saturated carbocycles. The van der Waals surface area contributed by atoms with E-state index in [1.807, 2.05) is 12.1 Å². The van der Waals surface area contributed by atoms with Crippen molar-refractivity contribution in [3.8, 4) is 0 Å². The molecule has 0 aliphatic rings. The molecule has 1 heterocycles. The van der Waals surface area contributed by atoms with Crippen LogP contribution >= 0.6 is 11.6 Å². The van der Waals surface area contributed by atoms with Gasteiger partial charge in [-0.3, -0.25) is 4.98 Å². The highest BCUT2D eigenvalue weighted by Crippen LogP contribution is 2.06.